The molecule has 1 fully saturated rings. The lowest BCUT2D eigenvalue weighted by Gasteiger charge is -2.15. The molecule has 1 N–H and O–H groups in total. The molecule has 2 atom stereocenters. The smallest absolute Gasteiger partial charge is 0.308 e. The van der Waals surface area contributed by atoms with Gasteiger partial charge in [-0.05, 0) is 24.1 Å². The first-order valence-corrected chi connectivity index (χ1v) is 5.86. The second-order valence-electron chi connectivity index (χ2n) is 4.85. The number of likely N-dealkylation sites (tertiary alicyclic amines) is 1. The van der Waals surface area contributed by atoms with E-state index in [2.05, 4.69) is 0 Å². The van der Waals surface area contributed by atoms with E-state index >= 15 is 0 Å². The van der Waals surface area contributed by atoms with E-state index in [0.29, 0.717) is 13.1 Å². The highest BCUT2D eigenvalue weighted by molar-refractivity contribution is 5.71. The summed E-state index contributed by atoms with van der Waals surface area (Å²) in [5.74, 6) is -2.17. The minimum Gasteiger partial charge on any atom is -0.481 e. The van der Waals surface area contributed by atoms with Gasteiger partial charge in [0.1, 0.15) is 11.6 Å². The number of benzene rings is 1. The van der Waals surface area contributed by atoms with E-state index in [1.165, 1.54) is 0 Å². The Morgan fingerprint density at radius 3 is 2.78 bits per heavy atom. The summed E-state index contributed by atoms with van der Waals surface area (Å²) in [4.78, 5) is 12.8. The van der Waals surface area contributed by atoms with Crippen LogP contribution in [-0.4, -0.2) is 29.1 Å². The fourth-order valence-electron chi connectivity index (χ4n) is 2.42. The third kappa shape index (κ3) is 2.67. The van der Waals surface area contributed by atoms with Crippen molar-refractivity contribution in [1.82, 2.24) is 4.90 Å². The van der Waals surface area contributed by atoms with Crippen LogP contribution in [0.2, 0.25) is 0 Å². The Bertz CT molecular complexity index is 464. The molecule has 1 heterocycles. The number of hydrogen-bond donors (Lipinski definition) is 1. The maximum absolute atomic E-state index is 13.5. The number of nitrogens with zero attached hydrogens (tertiary/aromatic N) is 1. The van der Waals surface area contributed by atoms with Gasteiger partial charge in [-0.1, -0.05) is 6.92 Å². The van der Waals surface area contributed by atoms with Crippen molar-refractivity contribution in [2.45, 2.75) is 13.5 Å². The minimum absolute atomic E-state index is 0.0270. The molecule has 1 aliphatic heterocycles. The molecule has 5 heteroatoms. The van der Waals surface area contributed by atoms with Crippen LogP contribution in [0.5, 0.6) is 0 Å². The lowest BCUT2D eigenvalue weighted by molar-refractivity contribution is -0.142. The van der Waals surface area contributed by atoms with Crippen LogP contribution in [0, 0.1) is 23.5 Å². The Labute approximate surface area is 104 Å². The molecular weight excluding hydrogens is 240 g/mol. The molecular formula is C13H15F2NO2. The summed E-state index contributed by atoms with van der Waals surface area (Å²) in [5.41, 5.74) is 0.272. The maximum atomic E-state index is 13.5. The van der Waals surface area contributed by atoms with Crippen LogP contribution in [0.25, 0.3) is 0 Å². The van der Waals surface area contributed by atoms with Crippen molar-refractivity contribution in [3.8, 4) is 0 Å². The highest BCUT2D eigenvalue weighted by Crippen LogP contribution is 2.25. The summed E-state index contributed by atoms with van der Waals surface area (Å²) < 4.78 is 26.5. The predicted molar refractivity (Wildman–Crippen MR) is 61.9 cm³/mol. The third-order valence-electron chi connectivity index (χ3n) is 3.41. The molecule has 0 spiro atoms. The highest BCUT2D eigenvalue weighted by Gasteiger charge is 2.34. The molecule has 2 unspecified atom stereocenters. The molecule has 0 bridgehead atoms. The van der Waals surface area contributed by atoms with Gasteiger partial charge >= 0.3 is 5.97 Å². The predicted octanol–water partition coefficient (Wildman–Crippen LogP) is 2.12. The summed E-state index contributed by atoms with van der Waals surface area (Å²) >= 11 is 0. The first-order chi connectivity index (χ1) is 8.47. The Hall–Kier alpha value is -1.49. The zero-order valence-electron chi connectivity index (χ0n) is 10.1. The number of rotatable bonds is 3. The Morgan fingerprint density at radius 2 is 2.17 bits per heavy atom. The van der Waals surface area contributed by atoms with Crippen molar-refractivity contribution >= 4 is 5.97 Å². The van der Waals surface area contributed by atoms with Crippen molar-refractivity contribution in [2.24, 2.45) is 11.8 Å². The van der Waals surface area contributed by atoms with Crippen LogP contribution in [-0.2, 0) is 11.3 Å². The van der Waals surface area contributed by atoms with Gasteiger partial charge in [0, 0.05) is 25.2 Å². The third-order valence-corrected chi connectivity index (χ3v) is 3.41. The molecule has 98 valence electrons. The quantitative estimate of drug-likeness (QED) is 0.899. The van der Waals surface area contributed by atoms with Crippen LogP contribution in [0.15, 0.2) is 18.2 Å². The molecule has 18 heavy (non-hydrogen) atoms. The molecule has 0 saturated carbocycles. The van der Waals surface area contributed by atoms with Gasteiger partial charge in [0.15, 0.2) is 0 Å². The number of carboxylic acids is 1. The summed E-state index contributed by atoms with van der Waals surface area (Å²) in [6.07, 6.45) is 0. The van der Waals surface area contributed by atoms with E-state index in [1.807, 2.05) is 11.8 Å². The number of carboxylic acid groups (broad SMARTS) is 1. The van der Waals surface area contributed by atoms with E-state index in [4.69, 9.17) is 5.11 Å². The van der Waals surface area contributed by atoms with E-state index in [9.17, 15) is 13.6 Å². The molecule has 3 nitrogen and oxygen atoms in total. The first-order valence-electron chi connectivity index (χ1n) is 5.86. The Morgan fingerprint density at radius 1 is 1.44 bits per heavy atom. The molecule has 1 aromatic rings. The number of carbonyl (C=O) groups is 1. The zero-order valence-corrected chi connectivity index (χ0v) is 10.1. The molecule has 1 saturated heterocycles. The second-order valence-corrected chi connectivity index (χ2v) is 4.85. The van der Waals surface area contributed by atoms with Crippen LogP contribution >= 0.6 is 0 Å². The molecule has 0 aliphatic carbocycles. The monoisotopic (exact) mass is 255 g/mol. The molecule has 1 aromatic carbocycles. The van der Waals surface area contributed by atoms with Crippen LogP contribution < -0.4 is 0 Å². The normalized spacial score (nSPS) is 24.4. The van der Waals surface area contributed by atoms with Crippen molar-refractivity contribution in [3.63, 3.8) is 0 Å². The summed E-state index contributed by atoms with van der Waals surface area (Å²) in [7, 11) is 0. The van der Waals surface area contributed by atoms with Gasteiger partial charge in [-0.2, -0.15) is 0 Å². The highest BCUT2D eigenvalue weighted by atomic mass is 19.1. The summed E-state index contributed by atoms with van der Waals surface area (Å²) in [6, 6.07) is 3.33. The standard InChI is InChI=1S/C13H15F2NO2/c1-8-5-16(7-11(8)13(17)18)6-9-4-10(14)2-3-12(9)15/h2-4,8,11H,5-7H2,1H3,(H,17,18). The van der Waals surface area contributed by atoms with E-state index in [-0.39, 0.29) is 18.0 Å². The molecule has 0 radical (unpaired) electrons. The van der Waals surface area contributed by atoms with E-state index in [1.54, 1.807) is 0 Å². The summed E-state index contributed by atoms with van der Waals surface area (Å²) in [5, 5.41) is 9.01. The first kappa shape index (κ1) is 13.0. The van der Waals surface area contributed by atoms with Crippen molar-refractivity contribution < 1.29 is 18.7 Å². The molecule has 0 amide bonds. The second kappa shape index (κ2) is 5.02. The maximum Gasteiger partial charge on any atom is 0.308 e. The van der Waals surface area contributed by atoms with E-state index in [0.717, 1.165) is 18.2 Å². The van der Waals surface area contributed by atoms with Gasteiger partial charge < -0.3 is 5.11 Å². The SMILES string of the molecule is CC1CN(Cc2cc(F)ccc2F)CC1C(=O)O. The summed E-state index contributed by atoms with van der Waals surface area (Å²) in [6.45, 7) is 3.08. The van der Waals surface area contributed by atoms with Crippen molar-refractivity contribution in [3.05, 3.63) is 35.4 Å². The molecule has 1 aliphatic rings. The Balaban J connectivity index is 2.07. The molecule has 0 aromatic heterocycles. The van der Waals surface area contributed by atoms with Crippen molar-refractivity contribution in [2.75, 3.05) is 13.1 Å². The lowest BCUT2D eigenvalue weighted by atomic mass is 9.99. The fraction of sp³-hybridized carbons (Fsp3) is 0.462. The minimum atomic E-state index is -0.829. The van der Waals surface area contributed by atoms with Gasteiger partial charge in [-0.15, -0.1) is 0 Å². The largest absolute Gasteiger partial charge is 0.481 e. The van der Waals surface area contributed by atoms with Crippen LogP contribution in [0.4, 0.5) is 8.78 Å². The lowest BCUT2D eigenvalue weighted by Crippen LogP contribution is -2.23. The topological polar surface area (TPSA) is 40.5 Å². The van der Waals surface area contributed by atoms with Gasteiger partial charge in [-0.25, -0.2) is 8.78 Å². The average molecular weight is 255 g/mol. The van der Waals surface area contributed by atoms with Crippen LogP contribution in [0.1, 0.15) is 12.5 Å². The van der Waals surface area contributed by atoms with Gasteiger partial charge in [-0.3, -0.25) is 9.69 Å². The van der Waals surface area contributed by atoms with Gasteiger partial charge in [0.05, 0.1) is 5.92 Å². The Kier molecular flexibility index (Phi) is 3.61. The average Bonchev–Trinajstić information content (AvgIpc) is 2.65. The number of aliphatic carboxylic acids is 1. The number of halogens is 2. The van der Waals surface area contributed by atoms with Crippen LogP contribution in [0.3, 0.4) is 0 Å². The van der Waals surface area contributed by atoms with Crippen molar-refractivity contribution in [1.29, 1.82) is 0 Å². The van der Waals surface area contributed by atoms with Gasteiger partial charge in [0.2, 0.25) is 0 Å². The van der Waals surface area contributed by atoms with E-state index < -0.39 is 23.5 Å². The van der Waals surface area contributed by atoms with Gasteiger partial charge in [0.25, 0.3) is 0 Å². The molecule has 2 rings (SSSR count). The fourth-order valence-corrected chi connectivity index (χ4v) is 2.42. The zero-order chi connectivity index (χ0) is 13.3. The number of hydrogen-bond acceptors (Lipinski definition) is 2.